The first kappa shape index (κ1) is 13.1. The average molecular weight is 259 g/mol. The maximum absolute atomic E-state index is 3.43. The third-order valence-electron chi connectivity index (χ3n) is 4.50. The molecule has 104 valence electrons. The highest BCUT2D eigenvalue weighted by atomic mass is 15.3. The maximum atomic E-state index is 3.43. The predicted molar refractivity (Wildman–Crippen MR) is 79.4 cm³/mol. The molecule has 0 unspecified atom stereocenters. The molecule has 0 atom stereocenters. The molecular weight excluding hydrogens is 234 g/mol. The summed E-state index contributed by atoms with van der Waals surface area (Å²) in [5.74, 6) is 0. The fourth-order valence-corrected chi connectivity index (χ4v) is 3.16. The smallest absolute Gasteiger partial charge is 0.0351 e. The summed E-state index contributed by atoms with van der Waals surface area (Å²) in [6.45, 7) is 12.8. The lowest BCUT2D eigenvalue weighted by Gasteiger charge is -2.47. The molecule has 1 aromatic carbocycles. The number of nitrogens with one attached hydrogen (secondary N) is 1. The molecule has 2 saturated heterocycles. The van der Waals surface area contributed by atoms with Gasteiger partial charge in [-0.1, -0.05) is 23.8 Å². The Morgan fingerprint density at radius 3 is 2.63 bits per heavy atom. The Hall–Kier alpha value is -0.900. The van der Waals surface area contributed by atoms with Gasteiger partial charge in [-0.15, -0.1) is 0 Å². The molecule has 0 aliphatic carbocycles. The fourth-order valence-electron chi connectivity index (χ4n) is 3.16. The Morgan fingerprint density at radius 1 is 1.16 bits per heavy atom. The van der Waals surface area contributed by atoms with Crippen molar-refractivity contribution in [3.8, 4) is 0 Å². The van der Waals surface area contributed by atoms with Gasteiger partial charge < -0.3 is 5.32 Å². The minimum Gasteiger partial charge on any atom is -0.314 e. The third-order valence-corrected chi connectivity index (χ3v) is 4.50. The highest BCUT2D eigenvalue weighted by Crippen LogP contribution is 2.20. The Balaban J connectivity index is 1.52. The van der Waals surface area contributed by atoms with Gasteiger partial charge in [0.25, 0.3) is 0 Å². The molecule has 0 aromatic heterocycles. The largest absolute Gasteiger partial charge is 0.314 e. The van der Waals surface area contributed by atoms with Gasteiger partial charge in [-0.3, -0.25) is 9.80 Å². The SMILES string of the molecule is Cc1ccc(C)c(CN2CC(N3CCNCC3)C2)c1. The van der Waals surface area contributed by atoms with Gasteiger partial charge in [0.05, 0.1) is 0 Å². The second kappa shape index (κ2) is 5.61. The fraction of sp³-hybridized carbons (Fsp3) is 0.625. The van der Waals surface area contributed by atoms with Crippen LogP contribution in [0.3, 0.4) is 0 Å². The van der Waals surface area contributed by atoms with Crippen molar-refractivity contribution in [2.24, 2.45) is 0 Å². The van der Waals surface area contributed by atoms with Crippen LogP contribution in [0.2, 0.25) is 0 Å². The number of aryl methyl sites for hydroxylation is 2. The molecule has 1 N–H and O–H groups in total. The van der Waals surface area contributed by atoms with Gasteiger partial charge >= 0.3 is 0 Å². The summed E-state index contributed by atoms with van der Waals surface area (Å²) >= 11 is 0. The van der Waals surface area contributed by atoms with E-state index in [0.29, 0.717) is 0 Å². The van der Waals surface area contributed by atoms with Gasteiger partial charge in [-0.2, -0.15) is 0 Å². The molecule has 2 aliphatic rings. The molecule has 0 spiro atoms. The van der Waals surface area contributed by atoms with Crippen molar-refractivity contribution in [2.45, 2.75) is 26.4 Å². The number of benzene rings is 1. The van der Waals surface area contributed by atoms with Crippen molar-refractivity contribution in [2.75, 3.05) is 39.3 Å². The van der Waals surface area contributed by atoms with Crippen LogP contribution in [-0.2, 0) is 6.54 Å². The van der Waals surface area contributed by atoms with E-state index in [4.69, 9.17) is 0 Å². The zero-order valence-corrected chi connectivity index (χ0v) is 12.2. The Kier molecular flexibility index (Phi) is 3.87. The zero-order valence-electron chi connectivity index (χ0n) is 12.2. The van der Waals surface area contributed by atoms with E-state index >= 15 is 0 Å². The number of rotatable bonds is 3. The van der Waals surface area contributed by atoms with Crippen LogP contribution in [0.25, 0.3) is 0 Å². The molecule has 2 aliphatic heterocycles. The van der Waals surface area contributed by atoms with E-state index < -0.39 is 0 Å². The number of hydrogen-bond donors (Lipinski definition) is 1. The Labute approximate surface area is 116 Å². The highest BCUT2D eigenvalue weighted by Gasteiger charge is 2.32. The third kappa shape index (κ3) is 2.99. The lowest BCUT2D eigenvalue weighted by atomic mass is 10.0. The number of nitrogens with zero attached hydrogens (tertiary/aromatic N) is 2. The quantitative estimate of drug-likeness (QED) is 0.885. The van der Waals surface area contributed by atoms with Gasteiger partial charge in [0.2, 0.25) is 0 Å². The first-order valence-electron chi connectivity index (χ1n) is 7.45. The van der Waals surface area contributed by atoms with Crippen molar-refractivity contribution < 1.29 is 0 Å². The van der Waals surface area contributed by atoms with Crippen molar-refractivity contribution in [1.82, 2.24) is 15.1 Å². The minimum atomic E-state index is 0.798. The van der Waals surface area contributed by atoms with Crippen LogP contribution < -0.4 is 5.32 Å². The molecule has 0 saturated carbocycles. The van der Waals surface area contributed by atoms with Crippen LogP contribution >= 0.6 is 0 Å². The van der Waals surface area contributed by atoms with Gasteiger partial charge in [-0.25, -0.2) is 0 Å². The maximum Gasteiger partial charge on any atom is 0.0351 e. The Morgan fingerprint density at radius 2 is 1.89 bits per heavy atom. The monoisotopic (exact) mass is 259 g/mol. The molecule has 3 nitrogen and oxygen atoms in total. The van der Waals surface area contributed by atoms with Gasteiger partial charge in [0, 0.05) is 51.9 Å². The van der Waals surface area contributed by atoms with Crippen molar-refractivity contribution in [1.29, 1.82) is 0 Å². The van der Waals surface area contributed by atoms with Crippen LogP contribution in [-0.4, -0.2) is 55.1 Å². The summed E-state index contributed by atoms with van der Waals surface area (Å²) in [7, 11) is 0. The summed E-state index contributed by atoms with van der Waals surface area (Å²) in [5.41, 5.74) is 4.30. The van der Waals surface area contributed by atoms with Gasteiger partial charge in [-0.05, 0) is 25.0 Å². The van der Waals surface area contributed by atoms with E-state index in [-0.39, 0.29) is 0 Å². The van der Waals surface area contributed by atoms with Crippen LogP contribution in [0.1, 0.15) is 16.7 Å². The van der Waals surface area contributed by atoms with Gasteiger partial charge in [0.15, 0.2) is 0 Å². The summed E-state index contributed by atoms with van der Waals surface area (Å²) < 4.78 is 0. The standard InChI is InChI=1S/C16H25N3/c1-13-3-4-14(2)15(9-13)10-18-11-16(12-18)19-7-5-17-6-8-19/h3-4,9,16-17H,5-8,10-12H2,1-2H3. The van der Waals surface area contributed by atoms with E-state index in [0.717, 1.165) is 25.7 Å². The zero-order chi connectivity index (χ0) is 13.2. The van der Waals surface area contributed by atoms with E-state index in [9.17, 15) is 0 Å². The normalized spacial score (nSPS) is 22.4. The van der Waals surface area contributed by atoms with Crippen LogP contribution in [0.15, 0.2) is 18.2 Å². The van der Waals surface area contributed by atoms with Gasteiger partial charge in [0.1, 0.15) is 0 Å². The number of hydrogen-bond acceptors (Lipinski definition) is 3. The molecule has 2 fully saturated rings. The Bertz CT molecular complexity index is 432. The lowest BCUT2D eigenvalue weighted by Crippen LogP contribution is -2.62. The van der Waals surface area contributed by atoms with Crippen LogP contribution in [0, 0.1) is 13.8 Å². The molecule has 0 radical (unpaired) electrons. The molecule has 0 bridgehead atoms. The van der Waals surface area contributed by atoms with Crippen molar-refractivity contribution in [3.63, 3.8) is 0 Å². The topological polar surface area (TPSA) is 18.5 Å². The number of piperazine rings is 1. The predicted octanol–water partition coefficient (Wildman–Crippen LogP) is 1.39. The van der Waals surface area contributed by atoms with Crippen LogP contribution in [0.5, 0.6) is 0 Å². The second-order valence-electron chi connectivity index (χ2n) is 6.06. The summed E-state index contributed by atoms with van der Waals surface area (Å²) in [6.07, 6.45) is 0. The average Bonchev–Trinajstić information content (AvgIpc) is 2.38. The first-order valence-corrected chi connectivity index (χ1v) is 7.45. The van der Waals surface area contributed by atoms with E-state index in [1.807, 2.05) is 0 Å². The van der Waals surface area contributed by atoms with Crippen LogP contribution in [0.4, 0.5) is 0 Å². The van der Waals surface area contributed by atoms with Crippen molar-refractivity contribution in [3.05, 3.63) is 34.9 Å². The molecule has 3 heteroatoms. The second-order valence-corrected chi connectivity index (χ2v) is 6.06. The molecule has 19 heavy (non-hydrogen) atoms. The number of likely N-dealkylation sites (tertiary alicyclic amines) is 1. The van der Waals surface area contributed by atoms with E-state index in [2.05, 4.69) is 47.2 Å². The lowest BCUT2D eigenvalue weighted by molar-refractivity contribution is 0.0222. The summed E-state index contributed by atoms with van der Waals surface area (Å²) in [4.78, 5) is 5.23. The first-order chi connectivity index (χ1) is 9.22. The molecule has 2 heterocycles. The minimum absolute atomic E-state index is 0.798. The van der Waals surface area contributed by atoms with Crippen molar-refractivity contribution >= 4 is 0 Å². The summed E-state index contributed by atoms with van der Waals surface area (Å²) in [6, 6.07) is 7.59. The highest BCUT2D eigenvalue weighted by molar-refractivity contribution is 5.30. The van der Waals surface area contributed by atoms with E-state index in [1.54, 1.807) is 0 Å². The molecule has 0 amide bonds. The summed E-state index contributed by atoms with van der Waals surface area (Å²) in [5, 5.41) is 3.43. The molecule has 3 rings (SSSR count). The van der Waals surface area contributed by atoms with E-state index in [1.165, 1.54) is 42.9 Å². The molecule has 1 aromatic rings. The molecular formula is C16H25N3.